The van der Waals surface area contributed by atoms with E-state index in [9.17, 15) is 0 Å². The third-order valence-electron chi connectivity index (χ3n) is 1.88. The van der Waals surface area contributed by atoms with Crippen LogP contribution in [0.3, 0.4) is 0 Å². The average molecular weight is 243 g/mol. The molecule has 0 radical (unpaired) electrons. The molecule has 0 aliphatic carbocycles. The molecular weight excluding hydrogens is 235 g/mol. The SMILES string of the molecule is Cc1cc(Cl)cc(-c2nc(CCl)no2)c1. The highest BCUT2D eigenvalue weighted by Gasteiger charge is 2.08. The minimum Gasteiger partial charge on any atom is -0.334 e. The van der Waals surface area contributed by atoms with Crippen molar-refractivity contribution in [2.24, 2.45) is 0 Å². The first kappa shape index (κ1) is 10.5. The normalized spacial score (nSPS) is 10.6. The molecule has 1 heterocycles. The zero-order chi connectivity index (χ0) is 10.8. The number of alkyl halides is 1. The first-order valence-electron chi connectivity index (χ1n) is 4.35. The number of hydrogen-bond acceptors (Lipinski definition) is 3. The van der Waals surface area contributed by atoms with Crippen LogP contribution in [-0.4, -0.2) is 10.1 Å². The first-order chi connectivity index (χ1) is 7.19. The summed E-state index contributed by atoms with van der Waals surface area (Å²) in [5, 5.41) is 4.36. The monoisotopic (exact) mass is 242 g/mol. The van der Waals surface area contributed by atoms with Crippen molar-refractivity contribution in [3.63, 3.8) is 0 Å². The Bertz CT molecular complexity index is 462. The van der Waals surface area contributed by atoms with Crippen LogP contribution in [0.15, 0.2) is 22.7 Å². The molecule has 78 valence electrons. The lowest BCUT2D eigenvalue weighted by Gasteiger charge is -1.98. The Hall–Kier alpha value is -1.06. The van der Waals surface area contributed by atoms with Crippen molar-refractivity contribution in [3.8, 4) is 11.5 Å². The van der Waals surface area contributed by atoms with Gasteiger partial charge in [-0.2, -0.15) is 4.98 Å². The summed E-state index contributed by atoms with van der Waals surface area (Å²) < 4.78 is 5.05. The zero-order valence-electron chi connectivity index (χ0n) is 8.00. The van der Waals surface area contributed by atoms with Gasteiger partial charge < -0.3 is 4.52 Å². The van der Waals surface area contributed by atoms with Gasteiger partial charge in [0.05, 0.1) is 5.88 Å². The number of nitrogens with zero attached hydrogens (tertiary/aromatic N) is 2. The maximum atomic E-state index is 5.92. The molecule has 0 amide bonds. The predicted molar refractivity (Wildman–Crippen MR) is 59.0 cm³/mol. The van der Waals surface area contributed by atoms with E-state index in [0.29, 0.717) is 16.7 Å². The highest BCUT2D eigenvalue weighted by atomic mass is 35.5. The van der Waals surface area contributed by atoms with E-state index in [0.717, 1.165) is 11.1 Å². The van der Waals surface area contributed by atoms with Crippen molar-refractivity contribution in [1.29, 1.82) is 0 Å². The van der Waals surface area contributed by atoms with E-state index in [4.69, 9.17) is 27.7 Å². The molecule has 0 aliphatic rings. The van der Waals surface area contributed by atoms with Crippen LogP contribution in [0.1, 0.15) is 11.4 Å². The Labute approximate surface area is 97.0 Å². The van der Waals surface area contributed by atoms with Gasteiger partial charge in [-0.05, 0) is 30.7 Å². The fraction of sp³-hybridized carbons (Fsp3) is 0.200. The van der Waals surface area contributed by atoms with Crippen LogP contribution < -0.4 is 0 Å². The van der Waals surface area contributed by atoms with Crippen LogP contribution in [0.2, 0.25) is 5.02 Å². The quantitative estimate of drug-likeness (QED) is 0.758. The second kappa shape index (κ2) is 4.21. The van der Waals surface area contributed by atoms with Gasteiger partial charge in [0.25, 0.3) is 5.89 Å². The lowest BCUT2D eigenvalue weighted by Crippen LogP contribution is -1.82. The molecule has 2 rings (SSSR count). The number of rotatable bonds is 2. The third-order valence-corrected chi connectivity index (χ3v) is 2.33. The molecule has 2 aromatic rings. The van der Waals surface area contributed by atoms with Crippen molar-refractivity contribution >= 4 is 23.2 Å². The molecule has 0 spiro atoms. The van der Waals surface area contributed by atoms with E-state index in [2.05, 4.69) is 10.1 Å². The molecule has 0 atom stereocenters. The molecule has 0 bridgehead atoms. The molecular formula is C10H8Cl2N2O. The molecule has 0 saturated carbocycles. The Morgan fingerprint density at radius 2 is 2.13 bits per heavy atom. The van der Waals surface area contributed by atoms with E-state index >= 15 is 0 Å². The standard InChI is InChI=1S/C10H8Cl2N2O/c1-6-2-7(4-8(12)3-6)10-13-9(5-11)14-15-10/h2-4H,5H2,1H3. The smallest absolute Gasteiger partial charge is 0.258 e. The van der Waals surface area contributed by atoms with Crippen LogP contribution in [0.25, 0.3) is 11.5 Å². The summed E-state index contributed by atoms with van der Waals surface area (Å²) in [5.74, 6) is 1.16. The highest BCUT2D eigenvalue weighted by Crippen LogP contribution is 2.23. The molecule has 0 N–H and O–H groups in total. The molecule has 1 aromatic heterocycles. The summed E-state index contributed by atoms with van der Waals surface area (Å²) >= 11 is 11.5. The second-order valence-electron chi connectivity index (χ2n) is 3.17. The lowest BCUT2D eigenvalue weighted by molar-refractivity contribution is 0.425. The van der Waals surface area contributed by atoms with E-state index in [1.54, 1.807) is 6.07 Å². The maximum absolute atomic E-state index is 5.92. The predicted octanol–water partition coefficient (Wildman–Crippen LogP) is 3.44. The molecule has 0 fully saturated rings. The minimum atomic E-state index is 0.239. The maximum Gasteiger partial charge on any atom is 0.258 e. The lowest BCUT2D eigenvalue weighted by atomic mass is 10.1. The van der Waals surface area contributed by atoms with Crippen LogP contribution >= 0.6 is 23.2 Å². The molecule has 5 heteroatoms. The second-order valence-corrected chi connectivity index (χ2v) is 3.87. The summed E-state index contributed by atoms with van der Waals surface area (Å²) in [6.07, 6.45) is 0. The molecule has 15 heavy (non-hydrogen) atoms. The van der Waals surface area contributed by atoms with Gasteiger partial charge in [-0.15, -0.1) is 11.6 Å². The molecule has 3 nitrogen and oxygen atoms in total. The number of aromatic nitrogens is 2. The number of aryl methyl sites for hydroxylation is 1. The fourth-order valence-electron chi connectivity index (χ4n) is 1.29. The van der Waals surface area contributed by atoms with Crippen LogP contribution in [0, 0.1) is 6.92 Å². The van der Waals surface area contributed by atoms with Crippen molar-refractivity contribution in [2.45, 2.75) is 12.8 Å². The highest BCUT2D eigenvalue weighted by molar-refractivity contribution is 6.30. The summed E-state index contributed by atoms with van der Waals surface area (Å²) in [7, 11) is 0. The minimum absolute atomic E-state index is 0.239. The Morgan fingerprint density at radius 3 is 2.73 bits per heavy atom. The topological polar surface area (TPSA) is 38.9 Å². The van der Waals surface area contributed by atoms with Gasteiger partial charge >= 0.3 is 0 Å². The van der Waals surface area contributed by atoms with Crippen molar-refractivity contribution in [3.05, 3.63) is 34.6 Å². The van der Waals surface area contributed by atoms with Gasteiger partial charge in [-0.3, -0.25) is 0 Å². The molecule has 0 aliphatic heterocycles. The average Bonchev–Trinajstić information content (AvgIpc) is 2.64. The van der Waals surface area contributed by atoms with E-state index < -0.39 is 0 Å². The summed E-state index contributed by atoms with van der Waals surface area (Å²) in [6, 6.07) is 5.57. The van der Waals surface area contributed by atoms with Gasteiger partial charge in [0, 0.05) is 10.6 Å². The van der Waals surface area contributed by atoms with Crippen molar-refractivity contribution in [2.75, 3.05) is 0 Å². The Morgan fingerprint density at radius 1 is 1.33 bits per heavy atom. The number of hydrogen-bond donors (Lipinski definition) is 0. The van der Waals surface area contributed by atoms with Crippen molar-refractivity contribution < 1.29 is 4.52 Å². The third kappa shape index (κ3) is 2.30. The summed E-state index contributed by atoms with van der Waals surface area (Å²) in [4.78, 5) is 4.11. The molecule has 0 unspecified atom stereocenters. The van der Waals surface area contributed by atoms with Gasteiger partial charge in [0.2, 0.25) is 0 Å². The number of benzene rings is 1. The van der Waals surface area contributed by atoms with Crippen LogP contribution in [0.5, 0.6) is 0 Å². The fourth-order valence-corrected chi connectivity index (χ4v) is 1.68. The Balaban J connectivity index is 2.44. The van der Waals surface area contributed by atoms with Gasteiger partial charge in [-0.1, -0.05) is 16.8 Å². The summed E-state index contributed by atoms with van der Waals surface area (Å²) in [5.41, 5.74) is 1.85. The summed E-state index contributed by atoms with van der Waals surface area (Å²) in [6.45, 7) is 1.95. The van der Waals surface area contributed by atoms with E-state index in [-0.39, 0.29) is 5.88 Å². The van der Waals surface area contributed by atoms with Crippen LogP contribution in [0.4, 0.5) is 0 Å². The van der Waals surface area contributed by atoms with Gasteiger partial charge in [0.1, 0.15) is 0 Å². The van der Waals surface area contributed by atoms with Crippen LogP contribution in [-0.2, 0) is 5.88 Å². The van der Waals surface area contributed by atoms with Gasteiger partial charge in [0.15, 0.2) is 5.82 Å². The first-order valence-corrected chi connectivity index (χ1v) is 5.26. The van der Waals surface area contributed by atoms with E-state index in [1.165, 1.54) is 0 Å². The zero-order valence-corrected chi connectivity index (χ0v) is 9.51. The van der Waals surface area contributed by atoms with Gasteiger partial charge in [-0.25, -0.2) is 0 Å². The Kier molecular flexibility index (Phi) is 2.93. The van der Waals surface area contributed by atoms with E-state index in [1.807, 2.05) is 19.1 Å². The molecule has 1 aromatic carbocycles. The molecule has 0 saturated heterocycles. The number of halogens is 2. The van der Waals surface area contributed by atoms with Crippen molar-refractivity contribution in [1.82, 2.24) is 10.1 Å². The largest absolute Gasteiger partial charge is 0.334 e.